The topological polar surface area (TPSA) is 48.9 Å². The molecule has 2 N–H and O–H groups in total. The summed E-state index contributed by atoms with van der Waals surface area (Å²) in [4.78, 5) is 7.31. The summed E-state index contributed by atoms with van der Waals surface area (Å²) in [6.45, 7) is 1.84. The number of hydrogen-bond acceptors (Lipinski definition) is 2. The minimum atomic E-state index is -0.307. The average Bonchev–Trinajstić information content (AvgIpc) is 2.71. The summed E-state index contributed by atoms with van der Waals surface area (Å²) in [5, 5.41) is 9.38. The minimum absolute atomic E-state index is 0.155. The molecule has 0 aliphatic carbocycles. The number of aromatic nitrogens is 2. The van der Waals surface area contributed by atoms with Gasteiger partial charge in [-0.3, -0.25) is 0 Å². The van der Waals surface area contributed by atoms with Crippen LogP contribution in [-0.2, 0) is 0 Å². The number of imidazole rings is 1. The van der Waals surface area contributed by atoms with Crippen molar-refractivity contribution < 1.29 is 9.50 Å². The third-order valence-electron chi connectivity index (χ3n) is 2.85. The molecule has 0 aliphatic rings. The Labute approximate surface area is 103 Å². The van der Waals surface area contributed by atoms with Gasteiger partial charge in [0.25, 0.3) is 0 Å². The molecule has 90 valence electrons. The van der Waals surface area contributed by atoms with Crippen LogP contribution in [0.5, 0.6) is 5.75 Å². The summed E-state index contributed by atoms with van der Waals surface area (Å²) >= 11 is 0. The molecule has 0 radical (unpaired) electrons. The first-order chi connectivity index (χ1) is 8.63. The normalized spacial score (nSPS) is 11.0. The first-order valence-corrected chi connectivity index (χ1v) is 5.59. The number of nitrogens with one attached hydrogen (secondary N) is 1. The minimum Gasteiger partial charge on any atom is -0.508 e. The molecule has 18 heavy (non-hydrogen) atoms. The van der Waals surface area contributed by atoms with E-state index in [1.165, 1.54) is 6.07 Å². The number of benzene rings is 2. The average molecular weight is 242 g/mol. The smallest absolute Gasteiger partial charge is 0.141 e. The predicted molar refractivity (Wildman–Crippen MR) is 67.9 cm³/mol. The van der Waals surface area contributed by atoms with E-state index in [0.717, 1.165) is 5.56 Å². The van der Waals surface area contributed by atoms with Crippen molar-refractivity contribution in [3.63, 3.8) is 0 Å². The van der Waals surface area contributed by atoms with Gasteiger partial charge in [-0.05, 0) is 36.8 Å². The Morgan fingerprint density at radius 1 is 1.17 bits per heavy atom. The fourth-order valence-electron chi connectivity index (χ4n) is 1.94. The van der Waals surface area contributed by atoms with E-state index in [9.17, 15) is 9.50 Å². The van der Waals surface area contributed by atoms with Crippen molar-refractivity contribution in [3.05, 3.63) is 47.8 Å². The Bertz CT molecular complexity index is 734. The molecule has 0 atom stereocenters. The lowest BCUT2D eigenvalue weighted by atomic mass is 10.1. The van der Waals surface area contributed by atoms with Crippen LogP contribution in [0.3, 0.4) is 0 Å². The van der Waals surface area contributed by atoms with E-state index in [4.69, 9.17) is 0 Å². The highest BCUT2D eigenvalue weighted by Gasteiger charge is 2.10. The number of rotatable bonds is 1. The van der Waals surface area contributed by atoms with Crippen LogP contribution in [0.1, 0.15) is 5.56 Å². The lowest BCUT2D eigenvalue weighted by molar-refractivity contribution is 0.476. The summed E-state index contributed by atoms with van der Waals surface area (Å²) in [5.74, 6) is 0.313. The molecule has 1 heterocycles. The molecule has 3 aromatic rings. The molecule has 0 spiro atoms. The van der Waals surface area contributed by atoms with Gasteiger partial charge in [0.1, 0.15) is 17.4 Å². The molecule has 0 amide bonds. The van der Waals surface area contributed by atoms with Gasteiger partial charge < -0.3 is 10.1 Å². The van der Waals surface area contributed by atoms with Crippen LogP contribution in [0.15, 0.2) is 36.4 Å². The van der Waals surface area contributed by atoms with Crippen molar-refractivity contribution in [3.8, 4) is 17.1 Å². The van der Waals surface area contributed by atoms with Crippen LogP contribution in [0, 0.1) is 12.7 Å². The number of aryl methyl sites for hydroxylation is 1. The molecular weight excluding hydrogens is 231 g/mol. The summed E-state index contributed by atoms with van der Waals surface area (Å²) in [6, 6.07) is 9.82. The van der Waals surface area contributed by atoms with E-state index in [-0.39, 0.29) is 11.6 Å². The maximum absolute atomic E-state index is 13.8. The number of phenolic OH excluding ortho intramolecular Hbond substituents is 1. The molecule has 1 aromatic heterocycles. The van der Waals surface area contributed by atoms with E-state index in [2.05, 4.69) is 9.97 Å². The number of fused-ring (bicyclic) bond motifs is 1. The standard InChI is InChI=1S/C14H11FN2O/c1-8-2-4-10(11(15)6-8)14-16-12-5-3-9(18)7-13(12)17-14/h2-7,18H,1H3,(H,16,17). The van der Waals surface area contributed by atoms with E-state index in [1.807, 2.05) is 13.0 Å². The van der Waals surface area contributed by atoms with Gasteiger partial charge >= 0.3 is 0 Å². The van der Waals surface area contributed by atoms with Gasteiger partial charge in [-0.15, -0.1) is 0 Å². The van der Waals surface area contributed by atoms with Crippen molar-refractivity contribution in [2.45, 2.75) is 6.92 Å². The molecule has 3 rings (SSSR count). The third kappa shape index (κ3) is 1.72. The summed E-state index contributed by atoms with van der Waals surface area (Å²) in [6.07, 6.45) is 0. The predicted octanol–water partition coefficient (Wildman–Crippen LogP) is 3.38. The van der Waals surface area contributed by atoms with Gasteiger partial charge in [0, 0.05) is 6.07 Å². The molecule has 3 nitrogen and oxygen atoms in total. The second-order valence-electron chi connectivity index (χ2n) is 4.27. The number of aromatic amines is 1. The highest BCUT2D eigenvalue weighted by Crippen LogP contribution is 2.25. The van der Waals surface area contributed by atoms with Gasteiger partial charge in [-0.2, -0.15) is 0 Å². The molecular formula is C14H11FN2O. The van der Waals surface area contributed by atoms with Crippen molar-refractivity contribution in [2.24, 2.45) is 0 Å². The Morgan fingerprint density at radius 2 is 2.00 bits per heavy atom. The van der Waals surface area contributed by atoms with Gasteiger partial charge in [0.15, 0.2) is 0 Å². The molecule has 0 unspecified atom stereocenters. The Balaban J connectivity index is 2.19. The van der Waals surface area contributed by atoms with Crippen LogP contribution in [0.25, 0.3) is 22.4 Å². The monoisotopic (exact) mass is 242 g/mol. The second kappa shape index (κ2) is 3.84. The first kappa shape index (κ1) is 10.8. The van der Waals surface area contributed by atoms with Gasteiger partial charge in [0.2, 0.25) is 0 Å². The Morgan fingerprint density at radius 3 is 2.78 bits per heavy atom. The number of aromatic hydroxyl groups is 1. The van der Waals surface area contributed by atoms with E-state index < -0.39 is 0 Å². The van der Waals surface area contributed by atoms with Gasteiger partial charge in [0.05, 0.1) is 16.6 Å². The van der Waals surface area contributed by atoms with E-state index in [0.29, 0.717) is 22.4 Å². The zero-order valence-electron chi connectivity index (χ0n) is 9.74. The maximum Gasteiger partial charge on any atom is 0.141 e. The van der Waals surface area contributed by atoms with Crippen molar-refractivity contribution in [2.75, 3.05) is 0 Å². The summed E-state index contributed by atoms with van der Waals surface area (Å²) in [5.41, 5.74) is 2.68. The fraction of sp³-hybridized carbons (Fsp3) is 0.0714. The zero-order chi connectivity index (χ0) is 12.7. The van der Waals surface area contributed by atoms with Crippen molar-refractivity contribution in [1.29, 1.82) is 0 Å². The molecule has 0 bridgehead atoms. The molecule has 0 saturated carbocycles. The number of hydrogen-bond donors (Lipinski definition) is 2. The number of halogens is 1. The lowest BCUT2D eigenvalue weighted by Crippen LogP contribution is -1.87. The Hall–Kier alpha value is -2.36. The third-order valence-corrected chi connectivity index (χ3v) is 2.85. The van der Waals surface area contributed by atoms with Crippen molar-refractivity contribution in [1.82, 2.24) is 9.97 Å². The fourth-order valence-corrected chi connectivity index (χ4v) is 1.94. The lowest BCUT2D eigenvalue weighted by Gasteiger charge is -2.00. The zero-order valence-corrected chi connectivity index (χ0v) is 9.74. The summed E-state index contributed by atoms with van der Waals surface area (Å²) < 4.78 is 13.8. The van der Waals surface area contributed by atoms with Crippen LogP contribution in [0.4, 0.5) is 4.39 Å². The molecule has 0 aliphatic heterocycles. The van der Waals surface area contributed by atoms with E-state index >= 15 is 0 Å². The molecule has 0 fully saturated rings. The van der Waals surface area contributed by atoms with Crippen LogP contribution in [-0.4, -0.2) is 15.1 Å². The SMILES string of the molecule is Cc1ccc(-c2nc3ccc(O)cc3[nH]2)c(F)c1. The molecule has 0 saturated heterocycles. The quantitative estimate of drug-likeness (QED) is 0.687. The van der Waals surface area contributed by atoms with Crippen LogP contribution in [0.2, 0.25) is 0 Å². The van der Waals surface area contributed by atoms with Crippen molar-refractivity contribution >= 4 is 11.0 Å². The largest absolute Gasteiger partial charge is 0.508 e. The second-order valence-corrected chi connectivity index (χ2v) is 4.27. The van der Waals surface area contributed by atoms with Crippen LogP contribution >= 0.6 is 0 Å². The maximum atomic E-state index is 13.8. The highest BCUT2D eigenvalue weighted by molar-refractivity contribution is 5.80. The highest BCUT2D eigenvalue weighted by atomic mass is 19.1. The first-order valence-electron chi connectivity index (χ1n) is 5.59. The van der Waals surface area contributed by atoms with Gasteiger partial charge in [-0.1, -0.05) is 6.07 Å². The Kier molecular flexibility index (Phi) is 2.30. The molecule has 4 heteroatoms. The number of phenols is 1. The van der Waals surface area contributed by atoms with E-state index in [1.54, 1.807) is 24.3 Å². The van der Waals surface area contributed by atoms with Crippen LogP contribution < -0.4 is 0 Å². The van der Waals surface area contributed by atoms with Gasteiger partial charge in [-0.25, -0.2) is 9.37 Å². The number of H-pyrrole nitrogens is 1. The number of nitrogens with zero attached hydrogens (tertiary/aromatic N) is 1. The molecule has 2 aromatic carbocycles. The summed E-state index contributed by atoms with van der Waals surface area (Å²) in [7, 11) is 0.